The second kappa shape index (κ2) is 8.70. The molecule has 1 aromatic heterocycles. The predicted octanol–water partition coefficient (Wildman–Crippen LogP) is 2.38. The van der Waals surface area contributed by atoms with Crippen molar-refractivity contribution in [1.29, 1.82) is 0 Å². The Kier molecular flexibility index (Phi) is 6.37. The molecule has 0 saturated carbocycles. The van der Waals surface area contributed by atoms with Gasteiger partial charge in [0.1, 0.15) is 0 Å². The van der Waals surface area contributed by atoms with Crippen molar-refractivity contribution in [3.63, 3.8) is 0 Å². The van der Waals surface area contributed by atoms with E-state index in [0.29, 0.717) is 17.9 Å². The Morgan fingerprint density at radius 2 is 1.69 bits per heavy atom. The van der Waals surface area contributed by atoms with E-state index in [-0.39, 0.29) is 29.5 Å². The Bertz CT molecular complexity index is 756. The molecular formula is C18H22N4O4. The number of anilines is 2. The maximum absolute atomic E-state index is 12.2. The molecule has 0 spiro atoms. The van der Waals surface area contributed by atoms with E-state index in [1.165, 1.54) is 11.2 Å². The third kappa shape index (κ3) is 5.10. The number of rotatable bonds is 6. The summed E-state index contributed by atoms with van der Waals surface area (Å²) in [6.07, 6.45) is 1.43. The first-order valence-electron chi connectivity index (χ1n) is 8.09. The van der Waals surface area contributed by atoms with Crippen molar-refractivity contribution in [3.05, 3.63) is 48.4 Å². The Hall–Kier alpha value is -3.29. The standard InChI is InChI=1S/C18H22N4O4/c1-12(16(23)19-2)11-22(3)18(25)21-14-8-6-13(7-9-14)20-17(24)15-5-4-10-26-15/h4-10,12H,11H2,1-3H3,(H,19,23)(H,20,24)(H,21,25)/t12-/m1/s1. The smallest absolute Gasteiger partial charge is 0.321 e. The molecule has 1 heterocycles. The van der Waals surface area contributed by atoms with Gasteiger partial charge in [-0.3, -0.25) is 9.59 Å². The predicted molar refractivity (Wildman–Crippen MR) is 98.0 cm³/mol. The van der Waals surface area contributed by atoms with E-state index in [4.69, 9.17) is 4.42 Å². The molecule has 2 rings (SSSR count). The minimum atomic E-state index is -0.352. The molecule has 0 aliphatic rings. The zero-order valence-corrected chi connectivity index (χ0v) is 14.9. The van der Waals surface area contributed by atoms with Crippen molar-refractivity contribution in [2.45, 2.75) is 6.92 Å². The van der Waals surface area contributed by atoms with Crippen molar-refractivity contribution in [3.8, 4) is 0 Å². The number of hydrogen-bond donors (Lipinski definition) is 3. The number of amides is 4. The summed E-state index contributed by atoms with van der Waals surface area (Å²) in [5.41, 5.74) is 1.15. The average molecular weight is 358 g/mol. The molecular weight excluding hydrogens is 336 g/mol. The topological polar surface area (TPSA) is 104 Å². The molecule has 0 unspecified atom stereocenters. The number of nitrogens with zero attached hydrogens (tertiary/aromatic N) is 1. The fourth-order valence-corrected chi connectivity index (χ4v) is 2.28. The van der Waals surface area contributed by atoms with Crippen LogP contribution in [0.1, 0.15) is 17.5 Å². The quantitative estimate of drug-likeness (QED) is 0.737. The van der Waals surface area contributed by atoms with Crippen molar-refractivity contribution in [2.75, 3.05) is 31.3 Å². The maximum Gasteiger partial charge on any atom is 0.321 e. The second-order valence-electron chi connectivity index (χ2n) is 5.83. The van der Waals surface area contributed by atoms with Gasteiger partial charge in [0.15, 0.2) is 5.76 Å². The Morgan fingerprint density at radius 1 is 1.08 bits per heavy atom. The van der Waals surface area contributed by atoms with Gasteiger partial charge >= 0.3 is 6.03 Å². The number of urea groups is 1. The van der Waals surface area contributed by atoms with Gasteiger partial charge in [0.2, 0.25) is 5.91 Å². The number of nitrogens with one attached hydrogen (secondary N) is 3. The van der Waals surface area contributed by atoms with E-state index >= 15 is 0 Å². The maximum atomic E-state index is 12.2. The molecule has 26 heavy (non-hydrogen) atoms. The molecule has 2 aromatic rings. The van der Waals surface area contributed by atoms with Crippen LogP contribution < -0.4 is 16.0 Å². The third-order valence-corrected chi connectivity index (χ3v) is 3.73. The minimum Gasteiger partial charge on any atom is -0.459 e. The summed E-state index contributed by atoms with van der Waals surface area (Å²) >= 11 is 0. The molecule has 0 aliphatic carbocycles. The van der Waals surface area contributed by atoms with Gasteiger partial charge < -0.3 is 25.3 Å². The Morgan fingerprint density at radius 3 is 2.23 bits per heavy atom. The van der Waals surface area contributed by atoms with Gasteiger partial charge in [-0.25, -0.2) is 4.79 Å². The van der Waals surface area contributed by atoms with Crippen LogP contribution in [0.15, 0.2) is 47.1 Å². The number of carbonyl (C=O) groups is 3. The first-order chi connectivity index (χ1) is 12.4. The van der Waals surface area contributed by atoms with Crippen molar-refractivity contribution >= 4 is 29.2 Å². The molecule has 138 valence electrons. The molecule has 3 N–H and O–H groups in total. The second-order valence-corrected chi connectivity index (χ2v) is 5.83. The number of furan rings is 1. The zero-order valence-electron chi connectivity index (χ0n) is 14.9. The monoisotopic (exact) mass is 358 g/mol. The molecule has 0 aliphatic heterocycles. The molecule has 1 atom stereocenters. The highest BCUT2D eigenvalue weighted by Gasteiger charge is 2.17. The van der Waals surface area contributed by atoms with Crippen LogP contribution in [0, 0.1) is 5.92 Å². The van der Waals surface area contributed by atoms with Crippen LogP contribution in [0.4, 0.5) is 16.2 Å². The van der Waals surface area contributed by atoms with E-state index in [1.807, 2.05) is 0 Å². The van der Waals surface area contributed by atoms with E-state index in [9.17, 15) is 14.4 Å². The lowest BCUT2D eigenvalue weighted by Gasteiger charge is -2.21. The summed E-state index contributed by atoms with van der Waals surface area (Å²) in [6, 6.07) is 9.56. The lowest BCUT2D eigenvalue weighted by atomic mass is 10.1. The lowest BCUT2D eigenvalue weighted by molar-refractivity contribution is -0.124. The normalized spacial score (nSPS) is 11.3. The van der Waals surface area contributed by atoms with E-state index < -0.39 is 0 Å². The van der Waals surface area contributed by atoms with Gasteiger partial charge in [0.05, 0.1) is 12.2 Å². The zero-order chi connectivity index (χ0) is 19.1. The summed E-state index contributed by atoms with van der Waals surface area (Å²) in [4.78, 5) is 37.0. The summed E-state index contributed by atoms with van der Waals surface area (Å²) in [6.45, 7) is 2.04. The van der Waals surface area contributed by atoms with Crippen LogP contribution >= 0.6 is 0 Å². The highest BCUT2D eigenvalue weighted by atomic mass is 16.3. The highest BCUT2D eigenvalue weighted by molar-refractivity contribution is 6.02. The number of hydrogen-bond acceptors (Lipinski definition) is 4. The van der Waals surface area contributed by atoms with E-state index in [1.54, 1.807) is 57.4 Å². The first-order valence-corrected chi connectivity index (χ1v) is 8.09. The van der Waals surface area contributed by atoms with Gasteiger partial charge in [0, 0.05) is 32.0 Å². The van der Waals surface area contributed by atoms with Gasteiger partial charge in [0.25, 0.3) is 5.91 Å². The molecule has 0 saturated heterocycles. The molecule has 8 nitrogen and oxygen atoms in total. The van der Waals surface area contributed by atoms with Crippen LogP contribution in [-0.2, 0) is 4.79 Å². The van der Waals surface area contributed by atoms with Crippen LogP contribution in [0.25, 0.3) is 0 Å². The SMILES string of the molecule is CNC(=O)[C@H](C)CN(C)C(=O)Nc1ccc(NC(=O)c2ccco2)cc1. The Labute approximate surface area is 151 Å². The number of benzene rings is 1. The molecule has 8 heteroatoms. The van der Waals surface area contributed by atoms with Gasteiger partial charge in [-0.05, 0) is 36.4 Å². The summed E-state index contributed by atoms with van der Waals surface area (Å²) in [5.74, 6) is -0.569. The lowest BCUT2D eigenvalue weighted by Crippen LogP contribution is -2.39. The van der Waals surface area contributed by atoms with Crippen molar-refractivity contribution in [1.82, 2.24) is 10.2 Å². The largest absolute Gasteiger partial charge is 0.459 e. The molecule has 4 amide bonds. The fraction of sp³-hybridized carbons (Fsp3) is 0.278. The molecule has 0 fully saturated rings. The van der Waals surface area contributed by atoms with E-state index in [0.717, 1.165) is 0 Å². The summed E-state index contributed by atoms with van der Waals surface area (Å²) in [5, 5.41) is 7.98. The molecule has 1 aromatic carbocycles. The summed E-state index contributed by atoms with van der Waals surface area (Å²) in [7, 11) is 3.18. The van der Waals surface area contributed by atoms with Gasteiger partial charge in [-0.15, -0.1) is 0 Å². The molecule has 0 bridgehead atoms. The average Bonchev–Trinajstić information content (AvgIpc) is 3.17. The molecule has 0 radical (unpaired) electrons. The van der Waals surface area contributed by atoms with Crippen LogP contribution in [0.2, 0.25) is 0 Å². The van der Waals surface area contributed by atoms with Crippen LogP contribution in [-0.4, -0.2) is 43.4 Å². The van der Waals surface area contributed by atoms with Crippen LogP contribution in [0.3, 0.4) is 0 Å². The highest BCUT2D eigenvalue weighted by Crippen LogP contribution is 2.15. The summed E-state index contributed by atoms with van der Waals surface area (Å²) < 4.78 is 5.02. The van der Waals surface area contributed by atoms with E-state index in [2.05, 4.69) is 16.0 Å². The third-order valence-electron chi connectivity index (χ3n) is 3.73. The van der Waals surface area contributed by atoms with Crippen molar-refractivity contribution < 1.29 is 18.8 Å². The van der Waals surface area contributed by atoms with Gasteiger partial charge in [-0.2, -0.15) is 0 Å². The first kappa shape index (κ1) is 19.0. The Balaban J connectivity index is 1.89. The van der Waals surface area contributed by atoms with Crippen LogP contribution in [0.5, 0.6) is 0 Å². The van der Waals surface area contributed by atoms with Gasteiger partial charge in [-0.1, -0.05) is 6.92 Å². The minimum absolute atomic E-state index is 0.124. The fourth-order valence-electron chi connectivity index (χ4n) is 2.28. The number of carbonyl (C=O) groups excluding carboxylic acids is 3. The van der Waals surface area contributed by atoms with Crippen molar-refractivity contribution in [2.24, 2.45) is 5.92 Å².